The van der Waals surface area contributed by atoms with Crippen LogP contribution in [-0.4, -0.2) is 39.6 Å². The van der Waals surface area contributed by atoms with Gasteiger partial charge in [-0.2, -0.15) is 0 Å². The van der Waals surface area contributed by atoms with E-state index in [1.165, 1.54) is 44.7 Å². The van der Waals surface area contributed by atoms with E-state index in [0.717, 1.165) is 0 Å². The SMILES string of the molecule is COc1ccc(OC)c(S(=O)(=O)Nc2ccc(Oc3ncccc3C(=O)NC(C)C)cc2)c1. The Hall–Kier alpha value is -3.79. The van der Waals surface area contributed by atoms with Gasteiger partial charge in [0.25, 0.3) is 15.9 Å². The van der Waals surface area contributed by atoms with Crippen molar-refractivity contribution in [2.24, 2.45) is 0 Å². The van der Waals surface area contributed by atoms with Crippen molar-refractivity contribution < 1.29 is 27.4 Å². The van der Waals surface area contributed by atoms with Crippen LogP contribution in [0.3, 0.4) is 0 Å². The molecule has 1 aromatic heterocycles. The second-order valence-electron chi connectivity index (χ2n) is 7.23. The number of ether oxygens (including phenoxy) is 3. The third kappa shape index (κ3) is 5.92. The van der Waals surface area contributed by atoms with Crippen LogP contribution in [0.5, 0.6) is 23.1 Å². The number of nitrogens with one attached hydrogen (secondary N) is 2. The summed E-state index contributed by atoms with van der Waals surface area (Å²) >= 11 is 0. The van der Waals surface area contributed by atoms with E-state index in [1.54, 1.807) is 30.3 Å². The van der Waals surface area contributed by atoms with Gasteiger partial charge in [-0.3, -0.25) is 9.52 Å². The van der Waals surface area contributed by atoms with Gasteiger partial charge in [-0.05, 0) is 62.4 Å². The van der Waals surface area contributed by atoms with Crippen molar-refractivity contribution in [3.63, 3.8) is 0 Å². The topological polar surface area (TPSA) is 116 Å². The highest BCUT2D eigenvalue weighted by Crippen LogP contribution is 2.30. The molecule has 174 valence electrons. The lowest BCUT2D eigenvalue weighted by Crippen LogP contribution is -2.30. The molecule has 0 aliphatic heterocycles. The third-order valence-electron chi connectivity index (χ3n) is 4.42. The number of carbonyl (C=O) groups is 1. The average Bonchev–Trinajstić information content (AvgIpc) is 2.79. The van der Waals surface area contributed by atoms with Crippen LogP contribution in [-0.2, 0) is 10.0 Å². The van der Waals surface area contributed by atoms with Gasteiger partial charge >= 0.3 is 0 Å². The fraction of sp³-hybridized carbons (Fsp3) is 0.217. The second-order valence-corrected chi connectivity index (χ2v) is 8.88. The molecule has 33 heavy (non-hydrogen) atoms. The average molecular weight is 472 g/mol. The zero-order valence-electron chi connectivity index (χ0n) is 18.7. The van der Waals surface area contributed by atoms with Gasteiger partial charge in [-0.15, -0.1) is 0 Å². The Kier molecular flexibility index (Phi) is 7.39. The molecule has 2 N–H and O–H groups in total. The highest BCUT2D eigenvalue weighted by molar-refractivity contribution is 7.92. The summed E-state index contributed by atoms with van der Waals surface area (Å²) < 4.78 is 44.4. The van der Waals surface area contributed by atoms with Gasteiger partial charge in [0.05, 0.1) is 14.2 Å². The van der Waals surface area contributed by atoms with Crippen molar-refractivity contribution in [1.29, 1.82) is 0 Å². The molecule has 0 radical (unpaired) electrons. The maximum Gasteiger partial charge on any atom is 0.265 e. The summed E-state index contributed by atoms with van der Waals surface area (Å²) in [7, 11) is -1.11. The Morgan fingerprint density at radius 3 is 2.30 bits per heavy atom. The molecule has 9 nitrogen and oxygen atoms in total. The van der Waals surface area contributed by atoms with E-state index in [-0.39, 0.29) is 28.5 Å². The molecule has 3 rings (SSSR count). The molecule has 0 atom stereocenters. The standard InChI is InChI=1S/C23H25N3O6S/c1-15(2)25-22(27)19-6-5-13-24-23(19)32-17-9-7-16(8-10-17)26-33(28,29)21-14-18(30-3)11-12-20(21)31-4/h5-15,26H,1-4H3,(H,25,27). The molecule has 0 spiro atoms. The number of carbonyl (C=O) groups excluding carboxylic acids is 1. The first-order chi connectivity index (χ1) is 15.7. The Labute approximate surface area is 192 Å². The van der Waals surface area contributed by atoms with E-state index < -0.39 is 10.0 Å². The van der Waals surface area contributed by atoms with Crippen LogP contribution in [0.1, 0.15) is 24.2 Å². The van der Waals surface area contributed by atoms with E-state index in [9.17, 15) is 13.2 Å². The summed E-state index contributed by atoms with van der Waals surface area (Å²) in [6, 6.07) is 13.9. The van der Waals surface area contributed by atoms with E-state index in [0.29, 0.717) is 22.7 Å². The number of aromatic nitrogens is 1. The van der Waals surface area contributed by atoms with Gasteiger partial charge in [0.2, 0.25) is 5.88 Å². The first kappa shape index (κ1) is 23.9. The molecule has 1 heterocycles. The van der Waals surface area contributed by atoms with Crippen molar-refractivity contribution in [2.45, 2.75) is 24.8 Å². The molecular weight excluding hydrogens is 446 g/mol. The predicted molar refractivity (Wildman–Crippen MR) is 124 cm³/mol. The number of hydrogen-bond acceptors (Lipinski definition) is 7. The van der Waals surface area contributed by atoms with Crippen LogP contribution in [0.4, 0.5) is 5.69 Å². The molecule has 0 saturated carbocycles. The molecular formula is C23H25N3O6S. The Morgan fingerprint density at radius 2 is 1.67 bits per heavy atom. The molecule has 0 unspecified atom stereocenters. The normalized spacial score (nSPS) is 11.1. The predicted octanol–water partition coefficient (Wildman–Crippen LogP) is 3.83. The van der Waals surface area contributed by atoms with Crippen molar-refractivity contribution in [2.75, 3.05) is 18.9 Å². The summed E-state index contributed by atoms with van der Waals surface area (Å²) in [5, 5.41) is 2.80. The number of pyridine rings is 1. The molecule has 2 aromatic carbocycles. The minimum atomic E-state index is -3.95. The number of benzene rings is 2. The summed E-state index contributed by atoms with van der Waals surface area (Å²) in [5.74, 6) is 0.794. The van der Waals surface area contributed by atoms with Gasteiger partial charge in [-0.1, -0.05) is 0 Å². The Morgan fingerprint density at radius 1 is 0.970 bits per heavy atom. The first-order valence-electron chi connectivity index (χ1n) is 10.0. The molecule has 1 amide bonds. The largest absolute Gasteiger partial charge is 0.497 e. The lowest BCUT2D eigenvalue weighted by molar-refractivity contribution is 0.0940. The number of rotatable bonds is 9. The van der Waals surface area contributed by atoms with Gasteiger partial charge < -0.3 is 19.5 Å². The summed E-state index contributed by atoms with van der Waals surface area (Å²) in [6.07, 6.45) is 1.52. The summed E-state index contributed by atoms with van der Waals surface area (Å²) in [4.78, 5) is 16.5. The Bertz CT molecular complexity index is 1230. The monoisotopic (exact) mass is 471 g/mol. The molecule has 0 bridgehead atoms. The fourth-order valence-corrected chi connectivity index (χ4v) is 4.14. The van der Waals surface area contributed by atoms with Crippen LogP contribution in [0, 0.1) is 0 Å². The van der Waals surface area contributed by atoms with Crippen molar-refractivity contribution in [1.82, 2.24) is 10.3 Å². The Balaban J connectivity index is 1.79. The first-order valence-corrected chi connectivity index (χ1v) is 11.5. The fourth-order valence-electron chi connectivity index (χ4n) is 2.89. The maximum atomic E-state index is 12.9. The maximum absolute atomic E-state index is 12.9. The summed E-state index contributed by atoms with van der Waals surface area (Å²) in [5.41, 5.74) is 0.604. The minimum absolute atomic E-state index is 0.0407. The number of amides is 1. The van der Waals surface area contributed by atoms with E-state index in [2.05, 4.69) is 15.0 Å². The number of nitrogens with zero attached hydrogens (tertiary/aromatic N) is 1. The highest BCUT2D eigenvalue weighted by Gasteiger charge is 2.21. The van der Waals surface area contributed by atoms with Crippen molar-refractivity contribution >= 4 is 21.6 Å². The number of methoxy groups -OCH3 is 2. The smallest absolute Gasteiger partial charge is 0.265 e. The quantitative estimate of drug-likeness (QED) is 0.487. The summed E-state index contributed by atoms with van der Waals surface area (Å²) in [6.45, 7) is 3.71. The van der Waals surface area contributed by atoms with Crippen molar-refractivity contribution in [3.05, 3.63) is 66.4 Å². The van der Waals surface area contributed by atoms with Gasteiger partial charge in [0, 0.05) is 24.0 Å². The van der Waals surface area contributed by atoms with Crippen LogP contribution in [0.15, 0.2) is 65.7 Å². The molecule has 0 fully saturated rings. The van der Waals surface area contributed by atoms with Crippen LogP contribution in [0.25, 0.3) is 0 Å². The van der Waals surface area contributed by atoms with E-state index in [4.69, 9.17) is 14.2 Å². The molecule has 10 heteroatoms. The number of anilines is 1. The third-order valence-corrected chi connectivity index (χ3v) is 5.82. The minimum Gasteiger partial charge on any atom is -0.497 e. The van der Waals surface area contributed by atoms with E-state index >= 15 is 0 Å². The van der Waals surface area contributed by atoms with Crippen LogP contribution >= 0.6 is 0 Å². The van der Waals surface area contributed by atoms with Crippen LogP contribution in [0.2, 0.25) is 0 Å². The highest BCUT2D eigenvalue weighted by atomic mass is 32.2. The second kappa shape index (κ2) is 10.2. The zero-order chi connectivity index (χ0) is 24.0. The van der Waals surface area contributed by atoms with Crippen LogP contribution < -0.4 is 24.2 Å². The van der Waals surface area contributed by atoms with Gasteiger partial charge in [0.1, 0.15) is 27.7 Å². The van der Waals surface area contributed by atoms with Crippen molar-refractivity contribution in [3.8, 4) is 23.1 Å². The van der Waals surface area contributed by atoms with Gasteiger partial charge in [-0.25, -0.2) is 13.4 Å². The zero-order valence-corrected chi connectivity index (χ0v) is 19.5. The lowest BCUT2D eigenvalue weighted by atomic mass is 10.2. The lowest BCUT2D eigenvalue weighted by Gasteiger charge is -2.14. The van der Waals surface area contributed by atoms with E-state index in [1.807, 2.05) is 13.8 Å². The number of hydrogen-bond donors (Lipinski definition) is 2. The molecule has 0 aliphatic rings. The van der Waals surface area contributed by atoms with Gasteiger partial charge in [0.15, 0.2) is 0 Å². The molecule has 0 aliphatic carbocycles. The molecule has 0 saturated heterocycles. The molecule has 3 aromatic rings. The number of sulfonamides is 1.